The van der Waals surface area contributed by atoms with Gasteiger partial charge in [-0.1, -0.05) is 34.6 Å². The Morgan fingerprint density at radius 1 is 0.812 bits per heavy atom. The SMILES string of the molecule is CC(C)CC(C)CC(O)CC(C)C.CCO. The van der Waals surface area contributed by atoms with Crippen molar-refractivity contribution in [1.82, 2.24) is 0 Å². The highest BCUT2D eigenvalue weighted by Gasteiger charge is 2.12. The predicted octanol–water partition coefficient (Wildman–Crippen LogP) is 3.46. The van der Waals surface area contributed by atoms with Crippen molar-refractivity contribution < 1.29 is 10.2 Å². The molecule has 0 fully saturated rings. The van der Waals surface area contributed by atoms with Crippen molar-refractivity contribution in [2.75, 3.05) is 6.61 Å². The highest BCUT2D eigenvalue weighted by atomic mass is 16.3. The Hall–Kier alpha value is -0.0800. The maximum Gasteiger partial charge on any atom is 0.0545 e. The van der Waals surface area contributed by atoms with Gasteiger partial charge >= 0.3 is 0 Å². The van der Waals surface area contributed by atoms with Gasteiger partial charge in [-0.25, -0.2) is 0 Å². The minimum atomic E-state index is -0.0891. The van der Waals surface area contributed by atoms with Gasteiger partial charge in [-0.05, 0) is 43.9 Å². The van der Waals surface area contributed by atoms with Gasteiger partial charge in [-0.15, -0.1) is 0 Å². The summed E-state index contributed by atoms with van der Waals surface area (Å²) >= 11 is 0. The molecule has 16 heavy (non-hydrogen) atoms. The average molecular weight is 232 g/mol. The van der Waals surface area contributed by atoms with E-state index in [1.54, 1.807) is 6.92 Å². The molecule has 0 saturated carbocycles. The predicted molar refractivity (Wildman–Crippen MR) is 71.5 cm³/mol. The lowest BCUT2D eigenvalue weighted by atomic mass is 9.91. The zero-order valence-electron chi connectivity index (χ0n) is 12.0. The van der Waals surface area contributed by atoms with Gasteiger partial charge in [0.25, 0.3) is 0 Å². The summed E-state index contributed by atoms with van der Waals surface area (Å²) in [4.78, 5) is 0. The summed E-state index contributed by atoms with van der Waals surface area (Å²) in [6.45, 7) is 13.0. The van der Waals surface area contributed by atoms with E-state index in [4.69, 9.17) is 5.11 Å². The van der Waals surface area contributed by atoms with Gasteiger partial charge in [0.1, 0.15) is 0 Å². The van der Waals surface area contributed by atoms with Crippen molar-refractivity contribution in [2.24, 2.45) is 17.8 Å². The molecule has 100 valence electrons. The van der Waals surface area contributed by atoms with E-state index < -0.39 is 0 Å². The number of rotatable bonds is 6. The highest BCUT2D eigenvalue weighted by molar-refractivity contribution is 4.64. The first kappa shape index (κ1) is 18.3. The molecule has 0 spiro atoms. The van der Waals surface area contributed by atoms with Crippen molar-refractivity contribution >= 4 is 0 Å². The third kappa shape index (κ3) is 16.4. The van der Waals surface area contributed by atoms with Crippen LogP contribution in [0.25, 0.3) is 0 Å². The number of hydrogen-bond donors (Lipinski definition) is 2. The van der Waals surface area contributed by atoms with Crippen LogP contribution in [0.4, 0.5) is 0 Å². The van der Waals surface area contributed by atoms with E-state index in [0.717, 1.165) is 18.8 Å². The molecule has 2 nitrogen and oxygen atoms in total. The van der Waals surface area contributed by atoms with E-state index in [2.05, 4.69) is 34.6 Å². The lowest BCUT2D eigenvalue weighted by Gasteiger charge is -2.19. The van der Waals surface area contributed by atoms with Crippen LogP contribution in [0.1, 0.15) is 60.8 Å². The number of hydrogen-bond acceptors (Lipinski definition) is 2. The fraction of sp³-hybridized carbons (Fsp3) is 1.00. The van der Waals surface area contributed by atoms with Crippen molar-refractivity contribution in [1.29, 1.82) is 0 Å². The molecule has 0 aliphatic rings. The van der Waals surface area contributed by atoms with Crippen LogP contribution in [-0.4, -0.2) is 22.9 Å². The quantitative estimate of drug-likeness (QED) is 0.736. The maximum atomic E-state index is 9.70. The fourth-order valence-electron chi connectivity index (χ4n) is 2.01. The normalized spacial score (nSPS) is 14.6. The molecule has 0 amide bonds. The average Bonchev–Trinajstić information content (AvgIpc) is 2.00. The van der Waals surface area contributed by atoms with E-state index in [9.17, 15) is 5.11 Å². The molecule has 0 radical (unpaired) electrons. The van der Waals surface area contributed by atoms with Crippen LogP contribution < -0.4 is 0 Å². The molecule has 0 heterocycles. The summed E-state index contributed by atoms with van der Waals surface area (Å²) in [5.41, 5.74) is 0. The van der Waals surface area contributed by atoms with Crippen LogP contribution in [-0.2, 0) is 0 Å². The minimum absolute atomic E-state index is 0.0891. The molecule has 0 rings (SSSR count). The smallest absolute Gasteiger partial charge is 0.0545 e. The van der Waals surface area contributed by atoms with E-state index in [1.165, 1.54) is 6.42 Å². The Balaban J connectivity index is 0. The summed E-state index contributed by atoms with van der Waals surface area (Å²) in [5, 5.41) is 17.3. The topological polar surface area (TPSA) is 40.5 Å². The van der Waals surface area contributed by atoms with Gasteiger partial charge in [0.2, 0.25) is 0 Å². The van der Waals surface area contributed by atoms with E-state index in [0.29, 0.717) is 11.8 Å². The third-order valence-corrected chi connectivity index (χ3v) is 2.29. The Bertz CT molecular complexity index is 119. The molecular formula is C14H32O2. The van der Waals surface area contributed by atoms with Crippen LogP contribution in [0.5, 0.6) is 0 Å². The van der Waals surface area contributed by atoms with Crippen molar-refractivity contribution in [3.05, 3.63) is 0 Å². The maximum absolute atomic E-state index is 9.70. The molecule has 2 unspecified atom stereocenters. The Labute approximate surface area is 102 Å². The van der Waals surface area contributed by atoms with Crippen molar-refractivity contribution in [3.63, 3.8) is 0 Å². The first-order valence-corrected chi connectivity index (χ1v) is 6.62. The second-order valence-electron chi connectivity index (χ2n) is 5.57. The molecule has 0 aliphatic heterocycles. The highest BCUT2D eigenvalue weighted by Crippen LogP contribution is 2.19. The van der Waals surface area contributed by atoms with Gasteiger partial charge in [-0.2, -0.15) is 0 Å². The first-order valence-electron chi connectivity index (χ1n) is 6.62. The Morgan fingerprint density at radius 2 is 1.19 bits per heavy atom. The lowest BCUT2D eigenvalue weighted by Crippen LogP contribution is -2.15. The van der Waals surface area contributed by atoms with Crippen LogP contribution >= 0.6 is 0 Å². The second-order valence-corrected chi connectivity index (χ2v) is 5.57. The monoisotopic (exact) mass is 232 g/mol. The summed E-state index contributed by atoms with van der Waals surface area (Å²) in [6.07, 6.45) is 3.06. The third-order valence-electron chi connectivity index (χ3n) is 2.29. The molecule has 2 N–H and O–H groups in total. The molecule has 0 bridgehead atoms. The molecule has 2 atom stereocenters. The van der Waals surface area contributed by atoms with Gasteiger partial charge in [-0.3, -0.25) is 0 Å². The summed E-state index contributed by atoms with van der Waals surface area (Å²) < 4.78 is 0. The largest absolute Gasteiger partial charge is 0.397 e. The van der Waals surface area contributed by atoms with Crippen molar-refractivity contribution in [2.45, 2.75) is 66.9 Å². The summed E-state index contributed by atoms with van der Waals surface area (Å²) in [6, 6.07) is 0. The lowest BCUT2D eigenvalue weighted by molar-refractivity contribution is 0.118. The summed E-state index contributed by atoms with van der Waals surface area (Å²) in [5.74, 6) is 2.02. The molecule has 2 heteroatoms. The fourth-order valence-corrected chi connectivity index (χ4v) is 2.01. The molecular weight excluding hydrogens is 200 g/mol. The minimum Gasteiger partial charge on any atom is -0.397 e. The van der Waals surface area contributed by atoms with Crippen LogP contribution in [0, 0.1) is 17.8 Å². The van der Waals surface area contributed by atoms with E-state index in [-0.39, 0.29) is 12.7 Å². The second kappa shape index (κ2) is 11.4. The molecule has 0 aromatic carbocycles. The molecule has 0 aromatic heterocycles. The van der Waals surface area contributed by atoms with Gasteiger partial charge < -0.3 is 10.2 Å². The van der Waals surface area contributed by atoms with Crippen LogP contribution in [0.3, 0.4) is 0 Å². The van der Waals surface area contributed by atoms with Crippen LogP contribution in [0.2, 0.25) is 0 Å². The van der Waals surface area contributed by atoms with E-state index in [1.807, 2.05) is 0 Å². The van der Waals surface area contributed by atoms with Gasteiger partial charge in [0.15, 0.2) is 0 Å². The van der Waals surface area contributed by atoms with Gasteiger partial charge in [0, 0.05) is 6.61 Å². The molecule has 0 saturated heterocycles. The first-order chi connectivity index (χ1) is 7.33. The Kier molecular flexibility index (Phi) is 13.0. The van der Waals surface area contributed by atoms with Gasteiger partial charge in [0.05, 0.1) is 6.10 Å². The van der Waals surface area contributed by atoms with E-state index >= 15 is 0 Å². The standard InChI is InChI=1S/C12H26O.C2H6O/c1-9(2)6-11(5)8-12(13)7-10(3)4;1-2-3/h9-13H,6-8H2,1-5H3;3H,2H2,1H3. The number of aliphatic hydroxyl groups is 2. The zero-order valence-corrected chi connectivity index (χ0v) is 12.0. The summed E-state index contributed by atoms with van der Waals surface area (Å²) in [7, 11) is 0. The Morgan fingerprint density at radius 3 is 1.50 bits per heavy atom. The molecule has 0 aromatic rings. The zero-order chi connectivity index (χ0) is 13.1. The molecule has 0 aliphatic carbocycles. The number of aliphatic hydroxyl groups excluding tert-OH is 2. The van der Waals surface area contributed by atoms with Crippen LogP contribution in [0.15, 0.2) is 0 Å². The van der Waals surface area contributed by atoms with Crippen molar-refractivity contribution in [3.8, 4) is 0 Å².